The van der Waals surface area contributed by atoms with Crippen molar-refractivity contribution >= 4 is 5.91 Å². The topological polar surface area (TPSA) is 61.0 Å². The molecule has 0 bridgehead atoms. The van der Waals surface area contributed by atoms with E-state index in [-0.39, 0.29) is 17.5 Å². The molecule has 1 unspecified atom stereocenters. The van der Waals surface area contributed by atoms with E-state index >= 15 is 0 Å². The lowest BCUT2D eigenvalue weighted by Crippen LogP contribution is -2.52. The van der Waals surface area contributed by atoms with Gasteiger partial charge in [0.05, 0.1) is 11.7 Å². The number of carbonyl (C=O) groups is 1. The SMILES string of the molecule is CCC(C(=O)NC(C)(C)C)N1CCc2n[nH]c(C)c2C1. The summed E-state index contributed by atoms with van der Waals surface area (Å²) < 4.78 is 0. The van der Waals surface area contributed by atoms with Crippen LogP contribution < -0.4 is 5.32 Å². The average Bonchev–Trinajstić information content (AvgIpc) is 2.70. The van der Waals surface area contributed by atoms with Gasteiger partial charge >= 0.3 is 0 Å². The van der Waals surface area contributed by atoms with Gasteiger partial charge in [0, 0.05) is 36.3 Å². The molecule has 5 nitrogen and oxygen atoms in total. The van der Waals surface area contributed by atoms with Gasteiger partial charge in [0.15, 0.2) is 0 Å². The van der Waals surface area contributed by atoms with Gasteiger partial charge in [-0.05, 0) is 34.1 Å². The van der Waals surface area contributed by atoms with E-state index < -0.39 is 0 Å². The van der Waals surface area contributed by atoms with Crippen LogP contribution in [0.4, 0.5) is 0 Å². The van der Waals surface area contributed by atoms with Crippen LogP contribution in [0.5, 0.6) is 0 Å². The maximum atomic E-state index is 12.4. The molecule has 112 valence electrons. The van der Waals surface area contributed by atoms with Crippen molar-refractivity contribution in [1.82, 2.24) is 20.4 Å². The molecule has 1 aliphatic rings. The molecule has 5 heteroatoms. The zero-order valence-electron chi connectivity index (χ0n) is 13.2. The average molecular weight is 278 g/mol. The molecule has 0 saturated carbocycles. The molecule has 2 rings (SSSR count). The van der Waals surface area contributed by atoms with Gasteiger partial charge in [-0.2, -0.15) is 5.10 Å². The Bertz CT molecular complexity index is 487. The first kappa shape index (κ1) is 15.0. The van der Waals surface area contributed by atoms with E-state index in [1.165, 1.54) is 5.56 Å². The summed E-state index contributed by atoms with van der Waals surface area (Å²) in [7, 11) is 0. The number of rotatable bonds is 3. The summed E-state index contributed by atoms with van der Waals surface area (Å²) in [4.78, 5) is 14.7. The Morgan fingerprint density at radius 3 is 2.80 bits per heavy atom. The highest BCUT2D eigenvalue weighted by Crippen LogP contribution is 2.22. The molecule has 1 aliphatic heterocycles. The Kier molecular flexibility index (Phi) is 4.18. The number of hydrogen-bond acceptors (Lipinski definition) is 3. The van der Waals surface area contributed by atoms with E-state index in [9.17, 15) is 4.79 Å². The molecular weight excluding hydrogens is 252 g/mol. The Morgan fingerprint density at radius 2 is 2.20 bits per heavy atom. The van der Waals surface area contributed by atoms with Crippen molar-refractivity contribution in [1.29, 1.82) is 0 Å². The molecule has 2 heterocycles. The van der Waals surface area contributed by atoms with Crippen molar-refractivity contribution < 1.29 is 4.79 Å². The van der Waals surface area contributed by atoms with E-state index in [4.69, 9.17) is 0 Å². The third-order valence-corrected chi connectivity index (χ3v) is 3.78. The summed E-state index contributed by atoms with van der Waals surface area (Å²) in [6, 6.07) is -0.0586. The molecule has 0 aliphatic carbocycles. The van der Waals surface area contributed by atoms with Crippen LogP contribution in [0.15, 0.2) is 0 Å². The van der Waals surface area contributed by atoms with E-state index in [0.29, 0.717) is 0 Å². The summed E-state index contributed by atoms with van der Waals surface area (Å²) in [6.45, 7) is 11.9. The number of H-pyrrole nitrogens is 1. The second-order valence-electron chi connectivity index (χ2n) is 6.66. The fourth-order valence-corrected chi connectivity index (χ4v) is 2.78. The first-order valence-electron chi connectivity index (χ1n) is 7.40. The molecular formula is C15H26N4O. The molecule has 2 N–H and O–H groups in total. The van der Waals surface area contributed by atoms with Gasteiger partial charge in [0.2, 0.25) is 5.91 Å². The van der Waals surface area contributed by atoms with Gasteiger partial charge in [-0.3, -0.25) is 14.8 Å². The molecule has 20 heavy (non-hydrogen) atoms. The predicted octanol–water partition coefficient (Wildman–Crippen LogP) is 1.77. The molecule has 1 amide bonds. The zero-order valence-corrected chi connectivity index (χ0v) is 13.2. The molecule has 0 saturated heterocycles. The third kappa shape index (κ3) is 3.20. The van der Waals surface area contributed by atoms with Crippen LogP contribution in [0.3, 0.4) is 0 Å². The Hall–Kier alpha value is -1.36. The van der Waals surface area contributed by atoms with Gasteiger partial charge < -0.3 is 5.32 Å². The standard InChI is InChI=1S/C15H26N4O/c1-6-13(14(20)16-15(3,4)5)19-8-7-12-11(9-19)10(2)17-18-12/h13H,6-9H2,1-5H3,(H,16,20)(H,17,18). The van der Waals surface area contributed by atoms with Crippen LogP contribution in [-0.4, -0.2) is 39.1 Å². The predicted molar refractivity (Wildman–Crippen MR) is 79.4 cm³/mol. The summed E-state index contributed by atoms with van der Waals surface area (Å²) in [5, 5.41) is 10.5. The summed E-state index contributed by atoms with van der Waals surface area (Å²) >= 11 is 0. The van der Waals surface area contributed by atoms with Crippen molar-refractivity contribution in [3.8, 4) is 0 Å². The number of hydrogen-bond donors (Lipinski definition) is 2. The Morgan fingerprint density at radius 1 is 1.50 bits per heavy atom. The van der Waals surface area contributed by atoms with Gasteiger partial charge in [0.1, 0.15) is 0 Å². The normalized spacial score (nSPS) is 17.6. The smallest absolute Gasteiger partial charge is 0.237 e. The molecule has 0 aromatic carbocycles. The van der Waals surface area contributed by atoms with E-state index in [0.717, 1.165) is 37.3 Å². The Balaban J connectivity index is 2.10. The third-order valence-electron chi connectivity index (χ3n) is 3.78. The summed E-state index contributed by atoms with van der Waals surface area (Å²) in [6.07, 6.45) is 1.74. The van der Waals surface area contributed by atoms with Crippen molar-refractivity contribution in [2.24, 2.45) is 0 Å². The number of aromatic amines is 1. The number of nitrogens with one attached hydrogen (secondary N) is 2. The summed E-state index contributed by atoms with van der Waals surface area (Å²) in [5.74, 6) is 0.129. The second kappa shape index (κ2) is 5.56. The van der Waals surface area contributed by atoms with E-state index in [1.807, 2.05) is 27.7 Å². The molecule has 1 aromatic heterocycles. The lowest BCUT2D eigenvalue weighted by atomic mass is 10.0. The minimum absolute atomic E-state index is 0.0586. The Labute approximate surface area is 121 Å². The van der Waals surface area contributed by atoms with Gasteiger partial charge in [-0.15, -0.1) is 0 Å². The quantitative estimate of drug-likeness (QED) is 0.886. The van der Waals surface area contributed by atoms with Crippen LogP contribution >= 0.6 is 0 Å². The van der Waals surface area contributed by atoms with Crippen LogP contribution in [-0.2, 0) is 17.8 Å². The monoisotopic (exact) mass is 278 g/mol. The van der Waals surface area contributed by atoms with Crippen LogP contribution in [0.25, 0.3) is 0 Å². The van der Waals surface area contributed by atoms with Crippen LogP contribution in [0, 0.1) is 6.92 Å². The lowest BCUT2D eigenvalue weighted by molar-refractivity contribution is -0.128. The van der Waals surface area contributed by atoms with Crippen molar-refractivity contribution in [3.63, 3.8) is 0 Å². The van der Waals surface area contributed by atoms with Gasteiger partial charge in [-0.25, -0.2) is 0 Å². The maximum absolute atomic E-state index is 12.4. The van der Waals surface area contributed by atoms with Crippen LogP contribution in [0.2, 0.25) is 0 Å². The minimum atomic E-state index is -0.184. The lowest BCUT2D eigenvalue weighted by Gasteiger charge is -2.34. The molecule has 1 aromatic rings. The number of amides is 1. The fraction of sp³-hybridized carbons (Fsp3) is 0.733. The van der Waals surface area contributed by atoms with Crippen molar-refractivity contribution in [2.45, 2.75) is 65.6 Å². The highest BCUT2D eigenvalue weighted by atomic mass is 16.2. The van der Waals surface area contributed by atoms with E-state index in [1.54, 1.807) is 0 Å². The fourth-order valence-electron chi connectivity index (χ4n) is 2.78. The van der Waals surface area contributed by atoms with Gasteiger partial charge in [0.25, 0.3) is 0 Å². The minimum Gasteiger partial charge on any atom is -0.350 e. The molecule has 0 fully saturated rings. The van der Waals surface area contributed by atoms with E-state index in [2.05, 4.69) is 27.3 Å². The maximum Gasteiger partial charge on any atom is 0.237 e. The number of nitrogens with zero attached hydrogens (tertiary/aromatic N) is 2. The van der Waals surface area contributed by atoms with Crippen LogP contribution in [0.1, 0.15) is 51.1 Å². The number of aryl methyl sites for hydroxylation is 1. The summed E-state index contributed by atoms with van der Waals surface area (Å²) in [5.41, 5.74) is 3.36. The highest BCUT2D eigenvalue weighted by Gasteiger charge is 2.30. The second-order valence-corrected chi connectivity index (χ2v) is 6.66. The first-order chi connectivity index (χ1) is 9.31. The number of carbonyl (C=O) groups excluding carboxylic acids is 1. The molecule has 0 radical (unpaired) electrons. The van der Waals surface area contributed by atoms with Crippen molar-refractivity contribution in [3.05, 3.63) is 17.0 Å². The molecule has 1 atom stereocenters. The molecule has 0 spiro atoms. The zero-order chi connectivity index (χ0) is 14.9. The highest BCUT2D eigenvalue weighted by molar-refractivity contribution is 5.82. The first-order valence-corrected chi connectivity index (χ1v) is 7.40. The largest absolute Gasteiger partial charge is 0.350 e. The van der Waals surface area contributed by atoms with Crippen molar-refractivity contribution in [2.75, 3.05) is 6.54 Å². The van der Waals surface area contributed by atoms with Gasteiger partial charge in [-0.1, -0.05) is 6.92 Å². The number of aromatic nitrogens is 2. The number of fused-ring (bicyclic) bond motifs is 1.